The second-order valence-corrected chi connectivity index (χ2v) is 6.31. The molecule has 0 aliphatic rings. The van der Waals surface area contributed by atoms with Crippen LogP contribution in [0.5, 0.6) is 0 Å². The number of halogens is 1. The molecule has 0 aliphatic heterocycles. The minimum Gasteiger partial charge on any atom is -0.462 e. The fourth-order valence-electron chi connectivity index (χ4n) is 1.71. The van der Waals surface area contributed by atoms with Crippen molar-refractivity contribution in [1.82, 2.24) is 10.0 Å². The van der Waals surface area contributed by atoms with Crippen LogP contribution in [0.1, 0.15) is 30.6 Å². The smallest absolute Gasteiger partial charge is 0.338 e. The number of nitrogens with one attached hydrogen (secondary N) is 2. The van der Waals surface area contributed by atoms with Crippen LogP contribution in [0.3, 0.4) is 0 Å². The van der Waals surface area contributed by atoms with Gasteiger partial charge in [0.2, 0.25) is 10.0 Å². The Labute approximate surface area is 130 Å². The van der Waals surface area contributed by atoms with Crippen LogP contribution in [-0.2, 0) is 14.8 Å². The Morgan fingerprint density at radius 3 is 2.55 bits per heavy atom. The van der Waals surface area contributed by atoms with Crippen molar-refractivity contribution in [2.75, 3.05) is 26.2 Å². The first kappa shape index (κ1) is 18.5. The maximum Gasteiger partial charge on any atom is 0.338 e. The van der Waals surface area contributed by atoms with Crippen molar-refractivity contribution in [2.24, 2.45) is 0 Å². The average Bonchev–Trinajstić information content (AvgIpc) is 2.46. The first-order valence-electron chi connectivity index (χ1n) is 7.08. The van der Waals surface area contributed by atoms with E-state index in [9.17, 15) is 17.6 Å². The van der Waals surface area contributed by atoms with Gasteiger partial charge in [0.1, 0.15) is 5.82 Å². The Hall–Kier alpha value is -1.51. The normalized spacial score (nSPS) is 11.4. The molecule has 1 rings (SSSR count). The lowest BCUT2D eigenvalue weighted by Gasteiger charge is -2.09. The predicted molar refractivity (Wildman–Crippen MR) is 80.7 cm³/mol. The summed E-state index contributed by atoms with van der Waals surface area (Å²) < 4.78 is 44.8. The number of hydrogen-bond acceptors (Lipinski definition) is 5. The van der Waals surface area contributed by atoms with E-state index < -0.39 is 21.8 Å². The molecule has 8 heteroatoms. The summed E-state index contributed by atoms with van der Waals surface area (Å²) in [7, 11) is -3.88. The molecule has 0 amide bonds. The molecule has 0 spiro atoms. The molecular weight excluding hydrogens is 311 g/mol. The van der Waals surface area contributed by atoms with E-state index >= 15 is 0 Å². The lowest BCUT2D eigenvalue weighted by molar-refractivity contribution is 0.0525. The number of carbonyl (C=O) groups excluding carboxylic acids is 1. The summed E-state index contributed by atoms with van der Waals surface area (Å²) >= 11 is 0. The van der Waals surface area contributed by atoms with Gasteiger partial charge in [-0.2, -0.15) is 0 Å². The van der Waals surface area contributed by atoms with E-state index in [4.69, 9.17) is 4.74 Å². The van der Waals surface area contributed by atoms with Gasteiger partial charge in [0.25, 0.3) is 0 Å². The molecule has 0 bridgehead atoms. The largest absolute Gasteiger partial charge is 0.462 e. The fourth-order valence-corrected chi connectivity index (χ4v) is 2.80. The van der Waals surface area contributed by atoms with Crippen LogP contribution in [0.4, 0.5) is 4.39 Å². The molecule has 0 aliphatic carbocycles. The summed E-state index contributed by atoms with van der Waals surface area (Å²) in [5, 5.41) is 3.04. The van der Waals surface area contributed by atoms with Crippen LogP contribution >= 0.6 is 0 Å². The molecule has 2 N–H and O–H groups in total. The molecule has 0 radical (unpaired) electrons. The lowest BCUT2D eigenvalue weighted by atomic mass is 10.2. The van der Waals surface area contributed by atoms with Gasteiger partial charge in [0, 0.05) is 13.1 Å². The third kappa shape index (κ3) is 5.70. The van der Waals surface area contributed by atoms with Crippen molar-refractivity contribution < 1.29 is 22.3 Å². The topological polar surface area (TPSA) is 84.5 Å². The first-order valence-corrected chi connectivity index (χ1v) is 8.57. The number of rotatable bonds is 9. The molecule has 0 saturated carbocycles. The summed E-state index contributed by atoms with van der Waals surface area (Å²) in [6.45, 7) is 5.16. The highest BCUT2D eigenvalue weighted by Gasteiger charge is 2.18. The van der Waals surface area contributed by atoms with E-state index in [1.54, 1.807) is 6.92 Å². The Kier molecular flexibility index (Phi) is 7.43. The van der Waals surface area contributed by atoms with Crippen molar-refractivity contribution >= 4 is 16.0 Å². The fraction of sp³-hybridized carbons (Fsp3) is 0.500. The highest BCUT2D eigenvalue weighted by Crippen LogP contribution is 2.15. The summed E-state index contributed by atoms with van der Waals surface area (Å²) in [6, 6.07) is 2.91. The SMILES string of the molecule is CCCNCCNS(=O)(=O)c1cc(F)cc(C(=O)OCC)c1. The van der Waals surface area contributed by atoms with Gasteiger partial charge in [-0.1, -0.05) is 6.92 Å². The van der Waals surface area contributed by atoms with Gasteiger partial charge in [0.05, 0.1) is 17.1 Å². The standard InChI is InChI=1S/C14H21FN2O4S/c1-3-5-16-6-7-17-22(19,20)13-9-11(8-12(15)10-13)14(18)21-4-2/h8-10,16-17H,3-7H2,1-2H3. The second-order valence-electron chi connectivity index (χ2n) is 4.54. The second kappa shape index (κ2) is 8.82. The van der Waals surface area contributed by atoms with E-state index in [1.165, 1.54) is 0 Å². The molecule has 6 nitrogen and oxygen atoms in total. The van der Waals surface area contributed by atoms with Crippen molar-refractivity contribution in [1.29, 1.82) is 0 Å². The molecule has 0 fully saturated rings. The molecule has 124 valence electrons. The third-order valence-electron chi connectivity index (χ3n) is 2.71. The molecule has 0 atom stereocenters. The maximum atomic E-state index is 13.5. The molecule has 1 aromatic rings. The van der Waals surface area contributed by atoms with Crippen LogP contribution in [0.2, 0.25) is 0 Å². The number of sulfonamides is 1. The minimum atomic E-state index is -3.88. The zero-order valence-electron chi connectivity index (χ0n) is 12.7. The van der Waals surface area contributed by atoms with E-state index in [0.717, 1.165) is 31.2 Å². The van der Waals surface area contributed by atoms with Crippen LogP contribution in [0, 0.1) is 5.82 Å². The van der Waals surface area contributed by atoms with E-state index in [1.807, 2.05) is 6.92 Å². The Morgan fingerprint density at radius 1 is 1.18 bits per heavy atom. The highest BCUT2D eigenvalue weighted by atomic mass is 32.2. The predicted octanol–water partition coefficient (Wildman–Crippen LogP) is 1.28. The molecule has 1 aromatic carbocycles. The quantitative estimate of drug-likeness (QED) is 0.526. The minimum absolute atomic E-state index is 0.124. The van der Waals surface area contributed by atoms with Crippen molar-refractivity contribution in [2.45, 2.75) is 25.2 Å². The van der Waals surface area contributed by atoms with Crippen molar-refractivity contribution in [3.63, 3.8) is 0 Å². The van der Waals surface area contributed by atoms with Crippen molar-refractivity contribution in [3.05, 3.63) is 29.6 Å². The molecule has 0 saturated heterocycles. The zero-order chi connectivity index (χ0) is 16.6. The van der Waals surface area contributed by atoms with Gasteiger partial charge < -0.3 is 10.1 Å². The van der Waals surface area contributed by atoms with E-state index in [-0.39, 0.29) is 23.6 Å². The third-order valence-corrected chi connectivity index (χ3v) is 4.15. The van der Waals surface area contributed by atoms with Crippen LogP contribution in [-0.4, -0.2) is 40.6 Å². The van der Waals surface area contributed by atoms with Gasteiger partial charge >= 0.3 is 5.97 Å². The Bertz CT molecular complexity index is 605. The molecule has 22 heavy (non-hydrogen) atoms. The highest BCUT2D eigenvalue weighted by molar-refractivity contribution is 7.89. The van der Waals surface area contributed by atoms with Crippen LogP contribution in [0.25, 0.3) is 0 Å². The number of ether oxygens (including phenoxy) is 1. The number of carbonyl (C=O) groups is 1. The van der Waals surface area contributed by atoms with Crippen molar-refractivity contribution in [3.8, 4) is 0 Å². The molecule has 0 heterocycles. The molecule has 0 aromatic heterocycles. The summed E-state index contributed by atoms with van der Waals surface area (Å²) in [5.41, 5.74) is -0.133. The van der Waals surface area contributed by atoms with E-state index in [2.05, 4.69) is 10.0 Å². The first-order chi connectivity index (χ1) is 10.4. The van der Waals surface area contributed by atoms with E-state index in [0.29, 0.717) is 6.54 Å². The average molecular weight is 332 g/mol. The summed E-state index contributed by atoms with van der Waals surface area (Å²) in [6.07, 6.45) is 0.944. The monoisotopic (exact) mass is 332 g/mol. The van der Waals surface area contributed by atoms with Crippen LogP contribution < -0.4 is 10.0 Å². The van der Waals surface area contributed by atoms with Gasteiger partial charge in [-0.25, -0.2) is 22.3 Å². The number of benzene rings is 1. The number of esters is 1. The number of hydrogen-bond donors (Lipinski definition) is 2. The molecule has 0 unspecified atom stereocenters. The maximum absolute atomic E-state index is 13.5. The Morgan fingerprint density at radius 2 is 1.91 bits per heavy atom. The zero-order valence-corrected chi connectivity index (χ0v) is 13.5. The summed E-state index contributed by atoms with van der Waals surface area (Å²) in [4.78, 5) is 11.3. The van der Waals surface area contributed by atoms with Crippen LogP contribution in [0.15, 0.2) is 23.1 Å². The van der Waals surface area contributed by atoms with Gasteiger partial charge in [-0.05, 0) is 38.1 Å². The van der Waals surface area contributed by atoms with Gasteiger partial charge in [-0.15, -0.1) is 0 Å². The lowest BCUT2D eigenvalue weighted by Crippen LogP contribution is -2.32. The van der Waals surface area contributed by atoms with Gasteiger partial charge in [-0.3, -0.25) is 0 Å². The Balaban J connectivity index is 2.83. The van der Waals surface area contributed by atoms with Gasteiger partial charge in [0.15, 0.2) is 0 Å². The summed E-state index contributed by atoms with van der Waals surface area (Å²) in [5.74, 6) is -1.57. The molecular formula is C14H21FN2O4S.